The van der Waals surface area contributed by atoms with Gasteiger partial charge in [-0.1, -0.05) is 43.7 Å². The topological polar surface area (TPSA) is 41.1 Å². The van der Waals surface area contributed by atoms with E-state index in [2.05, 4.69) is 55.7 Å². The summed E-state index contributed by atoms with van der Waals surface area (Å²) in [6.07, 6.45) is 2.51. The molecule has 1 aromatic rings. The van der Waals surface area contributed by atoms with Gasteiger partial charge in [0.1, 0.15) is 0 Å². The highest BCUT2D eigenvalue weighted by Crippen LogP contribution is 2.41. The van der Waals surface area contributed by atoms with Crippen molar-refractivity contribution in [1.82, 2.24) is 10.6 Å². The lowest BCUT2D eigenvalue weighted by atomic mass is 10.00. The van der Waals surface area contributed by atoms with E-state index >= 15 is 0 Å². The molecule has 3 nitrogen and oxygen atoms in total. The van der Waals surface area contributed by atoms with E-state index in [1.165, 1.54) is 24.0 Å². The van der Waals surface area contributed by atoms with Crippen LogP contribution in [0.15, 0.2) is 24.3 Å². The van der Waals surface area contributed by atoms with Crippen LogP contribution in [-0.4, -0.2) is 18.5 Å². The molecule has 0 spiro atoms. The van der Waals surface area contributed by atoms with Crippen LogP contribution in [0.3, 0.4) is 0 Å². The summed E-state index contributed by atoms with van der Waals surface area (Å²) < 4.78 is 0. The molecule has 1 aliphatic rings. The van der Waals surface area contributed by atoms with Crippen LogP contribution in [0.1, 0.15) is 50.8 Å². The number of nitrogens with one attached hydrogen (secondary N) is 2. The number of carbonyl (C=O) groups excluding carboxylic acids is 1. The summed E-state index contributed by atoms with van der Waals surface area (Å²) in [5.41, 5.74) is 2.57. The monoisotopic (exact) mass is 288 g/mol. The predicted octanol–water partition coefficient (Wildman–Crippen LogP) is 3.20. The molecule has 0 bridgehead atoms. The molecule has 0 radical (unpaired) electrons. The molecule has 1 aliphatic carbocycles. The van der Waals surface area contributed by atoms with Crippen molar-refractivity contribution >= 4 is 5.91 Å². The lowest BCUT2D eigenvalue weighted by Crippen LogP contribution is -2.45. The summed E-state index contributed by atoms with van der Waals surface area (Å²) in [6.45, 7) is 9.02. The van der Waals surface area contributed by atoms with E-state index in [1.807, 2.05) is 6.92 Å². The highest BCUT2D eigenvalue weighted by atomic mass is 16.2. The van der Waals surface area contributed by atoms with Crippen LogP contribution >= 0.6 is 0 Å². The van der Waals surface area contributed by atoms with Crippen LogP contribution in [0.25, 0.3) is 0 Å². The van der Waals surface area contributed by atoms with Gasteiger partial charge in [0.15, 0.2) is 0 Å². The van der Waals surface area contributed by atoms with Gasteiger partial charge in [-0.05, 0) is 44.1 Å². The molecule has 2 rings (SSSR count). The summed E-state index contributed by atoms with van der Waals surface area (Å²) in [5, 5.41) is 6.53. The molecule has 0 saturated heterocycles. The molecular weight excluding hydrogens is 260 g/mol. The first-order valence-corrected chi connectivity index (χ1v) is 8.07. The van der Waals surface area contributed by atoms with Crippen LogP contribution in [0.4, 0.5) is 0 Å². The molecule has 2 unspecified atom stereocenters. The van der Waals surface area contributed by atoms with Gasteiger partial charge in [0.25, 0.3) is 0 Å². The van der Waals surface area contributed by atoms with Crippen molar-refractivity contribution in [3.8, 4) is 0 Å². The molecule has 1 aromatic carbocycles. The first kappa shape index (κ1) is 16.0. The van der Waals surface area contributed by atoms with Crippen LogP contribution in [0.5, 0.6) is 0 Å². The molecule has 1 saturated carbocycles. The number of hydrogen-bond acceptors (Lipinski definition) is 2. The van der Waals surface area contributed by atoms with Gasteiger partial charge in [-0.2, -0.15) is 0 Å². The zero-order valence-corrected chi connectivity index (χ0v) is 13.6. The van der Waals surface area contributed by atoms with Gasteiger partial charge < -0.3 is 5.32 Å². The van der Waals surface area contributed by atoms with E-state index in [4.69, 9.17) is 0 Å². The number of aryl methyl sites for hydroxylation is 1. The summed E-state index contributed by atoms with van der Waals surface area (Å²) in [6, 6.07) is 8.81. The van der Waals surface area contributed by atoms with Gasteiger partial charge in [0, 0.05) is 12.6 Å². The minimum absolute atomic E-state index is 0.0986. The Morgan fingerprint density at radius 3 is 2.33 bits per heavy atom. The lowest BCUT2D eigenvalue weighted by Gasteiger charge is -2.24. The van der Waals surface area contributed by atoms with Crippen LogP contribution in [-0.2, 0) is 4.79 Å². The van der Waals surface area contributed by atoms with E-state index in [-0.39, 0.29) is 11.9 Å². The Kier molecular flexibility index (Phi) is 5.40. The number of carbonyl (C=O) groups is 1. The van der Waals surface area contributed by atoms with Gasteiger partial charge in [0.05, 0.1) is 6.04 Å². The Bertz CT molecular complexity index is 463. The van der Waals surface area contributed by atoms with E-state index in [0.717, 1.165) is 6.54 Å². The number of rotatable bonds is 7. The Hall–Kier alpha value is -1.35. The molecule has 1 amide bonds. The van der Waals surface area contributed by atoms with Gasteiger partial charge in [0.2, 0.25) is 5.91 Å². The highest BCUT2D eigenvalue weighted by Gasteiger charge is 2.33. The maximum absolute atomic E-state index is 12.1. The second-order valence-electron chi connectivity index (χ2n) is 6.75. The van der Waals surface area contributed by atoms with Gasteiger partial charge in [-0.15, -0.1) is 0 Å². The fourth-order valence-electron chi connectivity index (χ4n) is 2.51. The first-order chi connectivity index (χ1) is 9.97. The second-order valence-corrected chi connectivity index (χ2v) is 6.75. The molecule has 2 atom stereocenters. The normalized spacial score (nSPS) is 17.6. The molecule has 116 valence electrons. The van der Waals surface area contributed by atoms with E-state index in [9.17, 15) is 4.79 Å². The van der Waals surface area contributed by atoms with Crippen molar-refractivity contribution in [1.29, 1.82) is 0 Å². The SMILES string of the molecule is Cc1ccc(C(NC(C)C(=O)NCC(C)C)C2CC2)cc1. The smallest absolute Gasteiger partial charge is 0.236 e. The Morgan fingerprint density at radius 2 is 1.81 bits per heavy atom. The van der Waals surface area contributed by atoms with Crippen molar-refractivity contribution < 1.29 is 4.79 Å². The maximum atomic E-state index is 12.1. The molecular formula is C18H28N2O. The molecule has 1 fully saturated rings. The van der Waals surface area contributed by atoms with Crippen molar-refractivity contribution in [3.05, 3.63) is 35.4 Å². The molecule has 0 aliphatic heterocycles. The minimum Gasteiger partial charge on any atom is -0.354 e. The van der Waals surface area contributed by atoms with E-state index < -0.39 is 0 Å². The fourth-order valence-corrected chi connectivity index (χ4v) is 2.51. The minimum atomic E-state index is -0.157. The van der Waals surface area contributed by atoms with E-state index in [0.29, 0.717) is 17.9 Å². The summed E-state index contributed by atoms with van der Waals surface area (Å²) in [5.74, 6) is 1.26. The largest absolute Gasteiger partial charge is 0.354 e. The second kappa shape index (κ2) is 7.08. The first-order valence-electron chi connectivity index (χ1n) is 8.07. The van der Waals surface area contributed by atoms with Gasteiger partial charge in [-0.25, -0.2) is 0 Å². The Morgan fingerprint density at radius 1 is 1.19 bits per heavy atom. The molecule has 3 heteroatoms. The van der Waals surface area contributed by atoms with Crippen LogP contribution in [0, 0.1) is 18.8 Å². The summed E-state index contributed by atoms with van der Waals surface area (Å²) in [7, 11) is 0. The molecule has 2 N–H and O–H groups in total. The average Bonchev–Trinajstić information content (AvgIpc) is 3.27. The van der Waals surface area contributed by atoms with Crippen LogP contribution in [0.2, 0.25) is 0 Å². The third-order valence-electron chi connectivity index (χ3n) is 4.04. The van der Waals surface area contributed by atoms with Gasteiger partial charge >= 0.3 is 0 Å². The summed E-state index contributed by atoms with van der Waals surface area (Å²) >= 11 is 0. The standard InChI is InChI=1S/C18H28N2O/c1-12(2)11-19-18(21)14(4)20-17(16-9-10-16)15-7-5-13(3)6-8-15/h5-8,12,14,16-17,20H,9-11H2,1-4H3,(H,19,21). The Labute approximate surface area is 128 Å². The third-order valence-corrected chi connectivity index (χ3v) is 4.04. The zero-order chi connectivity index (χ0) is 15.4. The summed E-state index contributed by atoms with van der Waals surface area (Å²) in [4.78, 5) is 12.1. The number of hydrogen-bond donors (Lipinski definition) is 2. The van der Waals surface area contributed by atoms with Crippen molar-refractivity contribution in [2.75, 3.05) is 6.54 Å². The molecule has 21 heavy (non-hydrogen) atoms. The van der Waals surface area contributed by atoms with Crippen molar-refractivity contribution in [2.24, 2.45) is 11.8 Å². The molecule has 0 aromatic heterocycles. The van der Waals surface area contributed by atoms with E-state index in [1.54, 1.807) is 0 Å². The zero-order valence-electron chi connectivity index (χ0n) is 13.6. The third kappa shape index (κ3) is 4.85. The predicted molar refractivity (Wildman–Crippen MR) is 87.1 cm³/mol. The van der Waals surface area contributed by atoms with Crippen LogP contribution < -0.4 is 10.6 Å². The maximum Gasteiger partial charge on any atom is 0.236 e. The highest BCUT2D eigenvalue weighted by molar-refractivity contribution is 5.81. The lowest BCUT2D eigenvalue weighted by molar-refractivity contribution is -0.123. The number of amides is 1. The fraction of sp³-hybridized carbons (Fsp3) is 0.611. The number of benzene rings is 1. The Balaban J connectivity index is 1.96. The van der Waals surface area contributed by atoms with Crippen molar-refractivity contribution in [3.63, 3.8) is 0 Å². The quantitative estimate of drug-likeness (QED) is 0.809. The average molecular weight is 288 g/mol. The van der Waals surface area contributed by atoms with Gasteiger partial charge in [-0.3, -0.25) is 10.1 Å². The molecule has 0 heterocycles. The van der Waals surface area contributed by atoms with Crippen molar-refractivity contribution in [2.45, 2.75) is 52.6 Å².